The summed E-state index contributed by atoms with van der Waals surface area (Å²) >= 11 is 4.75. The molecule has 1 heterocycles. The van der Waals surface area contributed by atoms with Gasteiger partial charge >= 0.3 is 0 Å². The minimum absolute atomic E-state index is 0.118. The molecule has 1 rings (SSSR count). The van der Waals surface area contributed by atoms with Crippen LogP contribution in [0.2, 0.25) is 0 Å². The molecule has 0 saturated carbocycles. The fraction of sp³-hybridized carbons (Fsp3) is 0.875. The van der Waals surface area contributed by atoms with E-state index in [1.807, 2.05) is 0 Å². The van der Waals surface area contributed by atoms with Crippen LogP contribution in [-0.2, 0) is 9.47 Å². The van der Waals surface area contributed by atoms with Crippen molar-refractivity contribution < 1.29 is 9.47 Å². The Hall–Kier alpha value is -0.190. The SMILES string of the molecule is CC1(C)COC(CC(N)=S)OC1. The lowest BCUT2D eigenvalue weighted by Crippen LogP contribution is -2.39. The van der Waals surface area contributed by atoms with Crippen molar-refractivity contribution in [2.24, 2.45) is 11.1 Å². The average Bonchev–Trinajstić information content (AvgIpc) is 1.93. The Balaban J connectivity index is 2.31. The monoisotopic (exact) mass is 189 g/mol. The van der Waals surface area contributed by atoms with Gasteiger partial charge in [-0.2, -0.15) is 0 Å². The molecule has 12 heavy (non-hydrogen) atoms. The van der Waals surface area contributed by atoms with Gasteiger partial charge in [-0.15, -0.1) is 0 Å². The molecule has 1 aliphatic heterocycles. The van der Waals surface area contributed by atoms with E-state index < -0.39 is 0 Å². The maximum absolute atomic E-state index is 5.41. The molecule has 0 amide bonds. The highest BCUT2D eigenvalue weighted by Gasteiger charge is 2.28. The zero-order valence-corrected chi connectivity index (χ0v) is 8.32. The molecule has 0 atom stereocenters. The minimum atomic E-state index is -0.226. The number of hydrogen-bond donors (Lipinski definition) is 1. The van der Waals surface area contributed by atoms with Gasteiger partial charge in [0, 0.05) is 11.8 Å². The van der Waals surface area contributed by atoms with Gasteiger partial charge in [-0.25, -0.2) is 0 Å². The molecule has 0 aromatic rings. The first-order chi connectivity index (χ1) is 5.49. The number of nitrogens with two attached hydrogens (primary N) is 1. The van der Waals surface area contributed by atoms with Gasteiger partial charge in [-0.1, -0.05) is 26.1 Å². The molecular formula is C8H15NO2S. The van der Waals surface area contributed by atoms with Crippen molar-refractivity contribution in [1.82, 2.24) is 0 Å². The summed E-state index contributed by atoms with van der Waals surface area (Å²) in [6.07, 6.45) is 0.293. The third kappa shape index (κ3) is 3.05. The van der Waals surface area contributed by atoms with E-state index in [0.717, 1.165) is 0 Å². The van der Waals surface area contributed by atoms with Gasteiger partial charge in [0.25, 0.3) is 0 Å². The van der Waals surface area contributed by atoms with Crippen molar-refractivity contribution in [3.05, 3.63) is 0 Å². The average molecular weight is 189 g/mol. The summed E-state index contributed by atoms with van der Waals surface area (Å²) in [5.41, 5.74) is 5.48. The van der Waals surface area contributed by atoms with Crippen LogP contribution in [-0.4, -0.2) is 24.5 Å². The normalized spacial score (nSPS) is 23.8. The Kier molecular flexibility index (Phi) is 3.04. The number of hydrogen-bond acceptors (Lipinski definition) is 3. The van der Waals surface area contributed by atoms with E-state index in [9.17, 15) is 0 Å². The second kappa shape index (κ2) is 3.68. The third-order valence-corrected chi connectivity index (χ3v) is 1.85. The lowest BCUT2D eigenvalue weighted by atomic mass is 9.95. The van der Waals surface area contributed by atoms with Crippen LogP contribution in [0, 0.1) is 5.41 Å². The largest absolute Gasteiger partial charge is 0.393 e. The van der Waals surface area contributed by atoms with Crippen LogP contribution in [0.15, 0.2) is 0 Å². The fourth-order valence-corrected chi connectivity index (χ4v) is 1.15. The summed E-state index contributed by atoms with van der Waals surface area (Å²) in [6, 6.07) is 0. The maximum Gasteiger partial charge on any atom is 0.163 e. The first-order valence-corrected chi connectivity index (χ1v) is 4.42. The van der Waals surface area contributed by atoms with Gasteiger partial charge < -0.3 is 15.2 Å². The summed E-state index contributed by atoms with van der Waals surface area (Å²) in [6.45, 7) is 5.62. The summed E-state index contributed by atoms with van der Waals surface area (Å²) < 4.78 is 10.8. The molecule has 0 bridgehead atoms. The van der Waals surface area contributed by atoms with Crippen LogP contribution in [0.5, 0.6) is 0 Å². The molecule has 1 saturated heterocycles. The Morgan fingerprint density at radius 3 is 2.42 bits per heavy atom. The summed E-state index contributed by atoms with van der Waals surface area (Å²) in [7, 11) is 0. The van der Waals surface area contributed by atoms with Gasteiger partial charge in [0.2, 0.25) is 0 Å². The molecule has 0 spiro atoms. The molecular weight excluding hydrogens is 174 g/mol. The van der Waals surface area contributed by atoms with Crippen molar-refractivity contribution in [1.29, 1.82) is 0 Å². The predicted octanol–water partition coefficient (Wildman–Crippen LogP) is 1.06. The highest BCUT2D eigenvalue weighted by Crippen LogP contribution is 2.23. The van der Waals surface area contributed by atoms with E-state index >= 15 is 0 Å². The van der Waals surface area contributed by atoms with Gasteiger partial charge in [-0.3, -0.25) is 0 Å². The van der Waals surface area contributed by atoms with Crippen LogP contribution < -0.4 is 5.73 Å². The third-order valence-electron chi connectivity index (χ3n) is 1.69. The molecule has 1 aliphatic rings. The first-order valence-electron chi connectivity index (χ1n) is 4.01. The van der Waals surface area contributed by atoms with Gasteiger partial charge in [0.1, 0.15) is 0 Å². The number of thiocarbonyl (C=S) groups is 1. The number of ether oxygens (including phenoxy) is 2. The van der Waals surface area contributed by atoms with Gasteiger partial charge in [0.05, 0.1) is 18.2 Å². The zero-order chi connectivity index (χ0) is 9.19. The quantitative estimate of drug-likeness (QED) is 0.660. The lowest BCUT2D eigenvalue weighted by Gasteiger charge is -2.34. The highest BCUT2D eigenvalue weighted by molar-refractivity contribution is 7.80. The van der Waals surface area contributed by atoms with Crippen LogP contribution in [0.4, 0.5) is 0 Å². The lowest BCUT2D eigenvalue weighted by molar-refractivity contribution is -0.217. The Morgan fingerprint density at radius 1 is 1.50 bits per heavy atom. The van der Waals surface area contributed by atoms with Crippen molar-refractivity contribution in [2.45, 2.75) is 26.6 Å². The Labute approximate surface area is 78.2 Å². The molecule has 3 nitrogen and oxygen atoms in total. The van der Waals surface area contributed by atoms with E-state index in [-0.39, 0.29) is 11.7 Å². The van der Waals surface area contributed by atoms with Gasteiger partial charge in [-0.05, 0) is 0 Å². The van der Waals surface area contributed by atoms with E-state index in [0.29, 0.717) is 24.6 Å². The Morgan fingerprint density at radius 2 is 2.00 bits per heavy atom. The Bertz CT molecular complexity index is 172. The molecule has 70 valence electrons. The summed E-state index contributed by atoms with van der Waals surface area (Å²) in [5, 5.41) is 0. The maximum atomic E-state index is 5.41. The van der Waals surface area contributed by atoms with E-state index in [4.69, 9.17) is 27.4 Å². The van der Waals surface area contributed by atoms with Crippen molar-refractivity contribution in [2.75, 3.05) is 13.2 Å². The molecule has 0 unspecified atom stereocenters. The first kappa shape index (κ1) is 9.89. The summed E-state index contributed by atoms with van der Waals surface area (Å²) in [4.78, 5) is 0.444. The van der Waals surface area contributed by atoms with Crippen molar-refractivity contribution >= 4 is 17.2 Å². The minimum Gasteiger partial charge on any atom is -0.393 e. The van der Waals surface area contributed by atoms with E-state index in [1.54, 1.807) is 0 Å². The van der Waals surface area contributed by atoms with Crippen LogP contribution in [0.1, 0.15) is 20.3 Å². The second-order valence-electron chi connectivity index (χ2n) is 3.89. The highest BCUT2D eigenvalue weighted by atomic mass is 32.1. The molecule has 0 aromatic carbocycles. The standard InChI is InChI=1S/C8H15NO2S/c1-8(2)4-10-7(11-5-8)3-6(9)12/h7H,3-5H2,1-2H3,(H2,9,12). The molecule has 4 heteroatoms. The van der Waals surface area contributed by atoms with Crippen LogP contribution >= 0.6 is 12.2 Å². The molecule has 0 radical (unpaired) electrons. The molecule has 0 aromatic heterocycles. The van der Waals surface area contributed by atoms with E-state index in [1.165, 1.54) is 0 Å². The topological polar surface area (TPSA) is 44.5 Å². The van der Waals surface area contributed by atoms with Gasteiger partial charge in [0.15, 0.2) is 6.29 Å². The predicted molar refractivity (Wildman–Crippen MR) is 50.9 cm³/mol. The molecule has 2 N–H and O–H groups in total. The van der Waals surface area contributed by atoms with Crippen LogP contribution in [0.25, 0.3) is 0 Å². The van der Waals surface area contributed by atoms with Crippen molar-refractivity contribution in [3.8, 4) is 0 Å². The second-order valence-corrected chi connectivity index (χ2v) is 4.41. The fourth-order valence-electron chi connectivity index (χ4n) is 1.01. The van der Waals surface area contributed by atoms with Crippen LogP contribution in [0.3, 0.4) is 0 Å². The zero-order valence-electron chi connectivity index (χ0n) is 7.50. The van der Waals surface area contributed by atoms with E-state index in [2.05, 4.69) is 13.8 Å². The van der Waals surface area contributed by atoms with Crippen molar-refractivity contribution in [3.63, 3.8) is 0 Å². The molecule has 0 aliphatic carbocycles. The summed E-state index contributed by atoms with van der Waals surface area (Å²) in [5.74, 6) is 0. The number of rotatable bonds is 2. The smallest absolute Gasteiger partial charge is 0.163 e. The molecule has 1 fully saturated rings.